The van der Waals surface area contributed by atoms with E-state index < -0.39 is 0 Å². The third kappa shape index (κ3) is 2.40. The lowest BCUT2D eigenvalue weighted by molar-refractivity contribution is 1.11. The molecule has 4 nitrogen and oxygen atoms in total. The second kappa shape index (κ2) is 5.17. The van der Waals surface area contributed by atoms with Gasteiger partial charge in [-0.2, -0.15) is 0 Å². The van der Waals surface area contributed by atoms with Gasteiger partial charge in [-0.1, -0.05) is 24.3 Å². The summed E-state index contributed by atoms with van der Waals surface area (Å²) in [5, 5.41) is 4.46. The minimum absolute atomic E-state index is 0.685. The fourth-order valence-electron chi connectivity index (χ4n) is 2.16. The summed E-state index contributed by atoms with van der Waals surface area (Å²) in [6, 6.07) is 12.2. The zero-order valence-electron chi connectivity index (χ0n) is 11.3. The third-order valence-electron chi connectivity index (χ3n) is 3.33. The van der Waals surface area contributed by atoms with Crippen molar-refractivity contribution in [3.8, 4) is 0 Å². The number of anilines is 2. The second-order valence-corrected chi connectivity index (χ2v) is 4.77. The molecule has 4 heteroatoms. The first kappa shape index (κ1) is 12.4. The predicted molar refractivity (Wildman–Crippen MR) is 82.5 cm³/mol. The summed E-state index contributed by atoms with van der Waals surface area (Å²) in [7, 11) is 0. The van der Waals surface area contributed by atoms with Crippen LogP contribution in [0.4, 0.5) is 11.5 Å². The molecule has 3 aromatic rings. The molecule has 0 bridgehead atoms. The molecule has 3 N–H and O–H groups in total. The number of pyridine rings is 2. The number of fused-ring (bicyclic) bond motifs is 1. The largest absolute Gasteiger partial charge is 0.397 e. The Morgan fingerprint density at radius 2 is 2.00 bits per heavy atom. The number of nitrogens with one attached hydrogen (secondary N) is 1. The highest BCUT2D eigenvalue weighted by atomic mass is 15.0. The van der Waals surface area contributed by atoms with Gasteiger partial charge >= 0.3 is 0 Å². The van der Waals surface area contributed by atoms with Crippen LogP contribution < -0.4 is 11.1 Å². The molecule has 0 aliphatic carbocycles. The number of nitrogen functional groups attached to an aromatic ring is 1. The summed E-state index contributed by atoms with van der Waals surface area (Å²) in [5.41, 5.74) is 9.68. The fraction of sp³-hybridized carbons (Fsp3) is 0.125. The van der Waals surface area contributed by atoms with Crippen molar-refractivity contribution in [2.24, 2.45) is 0 Å². The molecule has 20 heavy (non-hydrogen) atoms. The maximum Gasteiger partial charge on any atom is 0.126 e. The van der Waals surface area contributed by atoms with Gasteiger partial charge < -0.3 is 11.1 Å². The van der Waals surface area contributed by atoms with E-state index in [1.807, 2.05) is 31.3 Å². The number of aryl methyl sites for hydroxylation is 1. The van der Waals surface area contributed by atoms with Crippen molar-refractivity contribution in [3.05, 3.63) is 59.9 Å². The van der Waals surface area contributed by atoms with Crippen LogP contribution in [0.5, 0.6) is 0 Å². The van der Waals surface area contributed by atoms with Crippen LogP contribution in [-0.4, -0.2) is 9.97 Å². The number of benzene rings is 1. The fourth-order valence-corrected chi connectivity index (χ4v) is 2.16. The van der Waals surface area contributed by atoms with Gasteiger partial charge in [0.05, 0.1) is 17.4 Å². The van der Waals surface area contributed by atoms with E-state index in [9.17, 15) is 0 Å². The molecule has 0 saturated carbocycles. The van der Waals surface area contributed by atoms with Crippen LogP contribution in [0, 0.1) is 6.92 Å². The Kier molecular flexibility index (Phi) is 3.21. The van der Waals surface area contributed by atoms with Gasteiger partial charge in [-0.15, -0.1) is 0 Å². The van der Waals surface area contributed by atoms with E-state index in [0.29, 0.717) is 12.2 Å². The zero-order valence-corrected chi connectivity index (χ0v) is 11.3. The molecule has 0 aliphatic rings. The molecule has 0 radical (unpaired) electrons. The number of para-hydroxylation sites is 1. The van der Waals surface area contributed by atoms with E-state index in [-0.39, 0.29) is 0 Å². The summed E-state index contributed by atoms with van der Waals surface area (Å²) in [6.45, 7) is 2.66. The van der Waals surface area contributed by atoms with Crippen molar-refractivity contribution in [2.75, 3.05) is 11.1 Å². The normalized spacial score (nSPS) is 10.7. The third-order valence-corrected chi connectivity index (χ3v) is 3.33. The molecule has 1 aromatic carbocycles. The van der Waals surface area contributed by atoms with E-state index >= 15 is 0 Å². The summed E-state index contributed by atoms with van der Waals surface area (Å²) in [4.78, 5) is 8.72. The molecule has 0 fully saturated rings. The number of aromatic nitrogens is 2. The van der Waals surface area contributed by atoms with Crippen LogP contribution in [0.2, 0.25) is 0 Å². The van der Waals surface area contributed by atoms with E-state index in [1.54, 1.807) is 6.20 Å². The first-order valence-corrected chi connectivity index (χ1v) is 6.52. The molecule has 3 rings (SSSR count). The Hall–Kier alpha value is -2.62. The number of hydrogen-bond donors (Lipinski definition) is 2. The first-order valence-electron chi connectivity index (χ1n) is 6.52. The van der Waals surface area contributed by atoms with Gasteiger partial charge in [0.25, 0.3) is 0 Å². The van der Waals surface area contributed by atoms with Crippen molar-refractivity contribution in [2.45, 2.75) is 13.5 Å². The number of rotatable bonds is 3. The minimum atomic E-state index is 0.685. The Labute approximate surface area is 117 Å². The molecular formula is C16H16N4. The van der Waals surface area contributed by atoms with E-state index in [4.69, 9.17) is 5.73 Å². The Morgan fingerprint density at radius 1 is 1.15 bits per heavy atom. The Morgan fingerprint density at radius 3 is 2.85 bits per heavy atom. The smallest absolute Gasteiger partial charge is 0.126 e. The number of nitrogens with two attached hydrogens (primary N) is 1. The van der Waals surface area contributed by atoms with Gasteiger partial charge in [-0.3, -0.25) is 4.98 Å². The molecule has 0 saturated heterocycles. The van der Waals surface area contributed by atoms with Gasteiger partial charge in [-0.25, -0.2) is 4.98 Å². The summed E-state index contributed by atoms with van der Waals surface area (Å²) >= 11 is 0. The molecule has 0 spiro atoms. The molecule has 0 atom stereocenters. The van der Waals surface area contributed by atoms with Crippen LogP contribution in [0.25, 0.3) is 10.9 Å². The predicted octanol–water partition coefficient (Wildman–Crippen LogP) is 3.13. The second-order valence-electron chi connectivity index (χ2n) is 4.77. The summed E-state index contributed by atoms with van der Waals surface area (Å²) in [5.74, 6) is 0.824. The summed E-state index contributed by atoms with van der Waals surface area (Å²) in [6.07, 6.45) is 3.50. The molecule has 0 amide bonds. The molecule has 2 heterocycles. The van der Waals surface area contributed by atoms with Gasteiger partial charge in [0.1, 0.15) is 5.82 Å². The lowest BCUT2D eigenvalue weighted by Gasteiger charge is -2.09. The number of hydrogen-bond acceptors (Lipinski definition) is 4. The van der Waals surface area contributed by atoms with E-state index in [1.165, 1.54) is 0 Å². The Bertz CT molecular complexity index is 747. The van der Waals surface area contributed by atoms with E-state index in [2.05, 4.69) is 33.5 Å². The lowest BCUT2D eigenvalue weighted by Crippen LogP contribution is -2.03. The van der Waals surface area contributed by atoms with Gasteiger partial charge in [-0.05, 0) is 30.2 Å². The van der Waals surface area contributed by atoms with Gasteiger partial charge in [0, 0.05) is 18.1 Å². The molecular weight excluding hydrogens is 248 g/mol. The highest BCUT2D eigenvalue weighted by Crippen LogP contribution is 2.18. The zero-order chi connectivity index (χ0) is 13.9. The van der Waals surface area contributed by atoms with Crippen LogP contribution in [-0.2, 0) is 6.54 Å². The molecule has 0 aliphatic heterocycles. The molecule has 100 valence electrons. The average Bonchev–Trinajstić information content (AvgIpc) is 2.48. The first-order chi connectivity index (χ1) is 9.74. The lowest BCUT2D eigenvalue weighted by atomic mass is 10.1. The SMILES string of the molecule is Cc1cc(NCc2cccc3cccnc23)ncc1N. The standard InChI is InChI=1S/C16H16N4/c1-11-8-15(20-10-14(11)17)19-9-13-5-2-4-12-6-3-7-18-16(12)13/h2-8,10H,9,17H2,1H3,(H,19,20). The van der Waals surface area contributed by atoms with Gasteiger partial charge in [0.15, 0.2) is 0 Å². The minimum Gasteiger partial charge on any atom is -0.397 e. The van der Waals surface area contributed by atoms with Crippen molar-refractivity contribution >= 4 is 22.4 Å². The average molecular weight is 264 g/mol. The van der Waals surface area contributed by atoms with E-state index in [0.717, 1.165) is 27.8 Å². The van der Waals surface area contributed by atoms with Crippen molar-refractivity contribution < 1.29 is 0 Å². The van der Waals surface area contributed by atoms with Crippen molar-refractivity contribution in [1.29, 1.82) is 0 Å². The van der Waals surface area contributed by atoms with Crippen LogP contribution in [0.3, 0.4) is 0 Å². The van der Waals surface area contributed by atoms with Crippen molar-refractivity contribution in [1.82, 2.24) is 9.97 Å². The topological polar surface area (TPSA) is 63.8 Å². The van der Waals surface area contributed by atoms with Crippen LogP contribution >= 0.6 is 0 Å². The Balaban J connectivity index is 1.85. The number of nitrogens with zero attached hydrogens (tertiary/aromatic N) is 2. The van der Waals surface area contributed by atoms with Crippen molar-refractivity contribution in [3.63, 3.8) is 0 Å². The van der Waals surface area contributed by atoms with Gasteiger partial charge in [0.2, 0.25) is 0 Å². The highest BCUT2D eigenvalue weighted by molar-refractivity contribution is 5.81. The maximum atomic E-state index is 5.77. The maximum absolute atomic E-state index is 5.77. The summed E-state index contributed by atoms with van der Waals surface area (Å²) < 4.78 is 0. The monoisotopic (exact) mass is 264 g/mol. The highest BCUT2D eigenvalue weighted by Gasteiger charge is 2.03. The van der Waals surface area contributed by atoms with Crippen LogP contribution in [0.1, 0.15) is 11.1 Å². The molecule has 2 aromatic heterocycles. The molecule has 0 unspecified atom stereocenters. The van der Waals surface area contributed by atoms with Crippen LogP contribution in [0.15, 0.2) is 48.8 Å². The quantitative estimate of drug-likeness (QED) is 0.763.